The molecule has 4 heteroatoms. The number of allylic oxidation sites excluding steroid dienone is 2. The second kappa shape index (κ2) is 12.3. The van der Waals surface area contributed by atoms with Crippen molar-refractivity contribution in [3.8, 4) is 11.8 Å². The zero-order chi connectivity index (χ0) is 17.0. The van der Waals surface area contributed by atoms with Gasteiger partial charge in [-0.15, -0.1) is 0 Å². The molecule has 0 aromatic rings. The molecule has 0 radical (unpaired) electrons. The van der Waals surface area contributed by atoms with Crippen LogP contribution in [0.3, 0.4) is 0 Å². The van der Waals surface area contributed by atoms with Crippen LogP contribution in [0.2, 0.25) is 0 Å². The summed E-state index contributed by atoms with van der Waals surface area (Å²) in [6.07, 6.45) is 10.3. The molecule has 0 unspecified atom stereocenters. The van der Waals surface area contributed by atoms with Crippen LogP contribution in [0.1, 0.15) is 64.2 Å². The lowest BCUT2D eigenvalue weighted by atomic mass is 10.1. The van der Waals surface area contributed by atoms with E-state index in [0.29, 0.717) is 0 Å². The van der Waals surface area contributed by atoms with Crippen molar-refractivity contribution < 1.29 is 9.47 Å². The Bertz CT molecular complexity index is 428. The maximum atomic E-state index is 5.88. The lowest BCUT2D eigenvalue weighted by Crippen LogP contribution is -2.39. The van der Waals surface area contributed by atoms with Crippen molar-refractivity contribution in [1.29, 1.82) is 0 Å². The van der Waals surface area contributed by atoms with Crippen LogP contribution in [0, 0.1) is 11.8 Å². The van der Waals surface area contributed by atoms with Gasteiger partial charge in [-0.1, -0.05) is 57.4 Å². The summed E-state index contributed by atoms with van der Waals surface area (Å²) in [5, 5.41) is 0. The summed E-state index contributed by atoms with van der Waals surface area (Å²) in [6.45, 7) is 9.21. The number of unbranched alkanes of at least 4 members (excludes halogenated alkanes) is 4. The smallest absolute Gasteiger partial charge is 0.233 e. The predicted octanol–water partition coefficient (Wildman–Crippen LogP) is 6.45. The fourth-order valence-corrected chi connectivity index (χ4v) is 2.99. The predicted molar refractivity (Wildman–Crippen MR) is 105 cm³/mol. The molecule has 1 fully saturated rings. The van der Waals surface area contributed by atoms with Crippen molar-refractivity contribution in [3.63, 3.8) is 0 Å². The maximum Gasteiger partial charge on any atom is 0.233 e. The molecule has 0 atom stereocenters. The van der Waals surface area contributed by atoms with Crippen molar-refractivity contribution in [1.82, 2.24) is 0 Å². The van der Waals surface area contributed by atoms with E-state index < -0.39 is 5.79 Å². The molecule has 130 valence electrons. The molecule has 23 heavy (non-hydrogen) atoms. The highest BCUT2D eigenvalue weighted by Gasteiger charge is 2.32. The van der Waals surface area contributed by atoms with Crippen LogP contribution >= 0.6 is 31.9 Å². The molecule has 0 spiro atoms. The largest absolute Gasteiger partial charge is 0.340 e. The van der Waals surface area contributed by atoms with E-state index in [1.54, 1.807) is 0 Å². The van der Waals surface area contributed by atoms with Gasteiger partial charge >= 0.3 is 0 Å². The Kier molecular flexibility index (Phi) is 11.2. The molecule has 0 aromatic heterocycles. The molecule has 0 amide bonds. The number of ether oxygens (including phenoxy) is 2. The monoisotopic (exact) mass is 446 g/mol. The fourth-order valence-electron chi connectivity index (χ4n) is 2.43. The van der Waals surface area contributed by atoms with E-state index in [2.05, 4.69) is 56.9 Å². The average Bonchev–Trinajstić information content (AvgIpc) is 2.51. The van der Waals surface area contributed by atoms with Gasteiger partial charge in [0, 0.05) is 12.8 Å². The first-order valence-electron chi connectivity index (χ1n) is 8.48. The summed E-state index contributed by atoms with van der Waals surface area (Å²) < 4.78 is 13.9. The average molecular weight is 448 g/mol. The van der Waals surface area contributed by atoms with E-state index in [1.165, 1.54) is 12.8 Å². The van der Waals surface area contributed by atoms with E-state index >= 15 is 0 Å². The van der Waals surface area contributed by atoms with Crippen molar-refractivity contribution in [3.05, 3.63) is 22.1 Å². The summed E-state index contributed by atoms with van der Waals surface area (Å²) in [5.41, 5.74) is 0. The Labute approximate surface area is 158 Å². The number of halogens is 2. The van der Waals surface area contributed by atoms with Crippen LogP contribution in [0.4, 0.5) is 0 Å². The Morgan fingerprint density at radius 2 is 1.52 bits per heavy atom. The van der Waals surface area contributed by atoms with Crippen molar-refractivity contribution >= 4 is 31.9 Å². The van der Waals surface area contributed by atoms with Gasteiger partial charge in [-0.2, -0.15) is 0 Å². The van der Waals surface area contributed by atoms with Crippen LogP contribution in [0.15, 0.2) is 22.1 Å². The first kappa shape index (κ1) is 21.0. The molecular weight excluding hydrogens is 420 g/mol. The van der Waals surface area contributed by atoms with E-state index in [9.17, 15) is 0 Å². The topological polar surface area (TPSA) is 18.5 Å². The van der Waals surface area contributed by atoms with Gasteiger partial charge in [0.15, 0.2) is 0 Å². The van der Waals surface area contributed by atoms with Crippen LogP contribution in [-0.4, -0.2) is 19.0 Å². The van der Waals surface area contributed by atoms with E-state index in [0.717, 1.165) is 73.5 Å². The highest BCUT2D eigenvalue weighted by Crippen LogP contribution is 2.26. The highest BCUT2D eigenvalue weighted by atomic mass is 79.9. The fraction of sp³-hybridized carbons (Fsp3) is 0.684. The summed E-state index contributed by atoms with van der Waals surface area (Å²) >= 11 is 6.79. The van der Waals surface area contributed by atoms with Crippen LogP contribution in [-0.2, 0) is 9.47 Å². The summed E-state index contributed by atoms with van der Waals surface area (Å²) in [7, 11) is 0. The molecule has 1 heterocycles. The van der Waals surface area contributed by atoms with E-state index in [4.69, 9.17) is 9.47 Å². The summed E-state index contributed by atoms with van der Waals surface area (Å²) in [6, 6.07) is 0. The minimum atomic E-state index is -0.671. The van der Waals surface area contributed by atoms with Gasteiger partial charge < -0.3 is 9.47 Å². The number of rotatable bonds is 10. The third-order valence-corrected chi connectivity index (χ3v) is 4.48. The molecular formula is C19H28Br2O2. The summed E-state index contributed by atoms with van der Waals surface area (Å²) in [4.78, 5) is 0. The van der Waals surface area contributed by atoms with Gasteiger partial charge in [-0.05, 0) is 59.8 Å². The standard InChI is InChI=1S/C19H28Br2O2/c1-17(20)11-6-4-3-5-8-13-19(22-15-10-16-23-19)14-9-7-12-18(2)21/h1-7,9-12,14-16H2. The van der Waals surface area contributed by atoms with Crippen LogP contribution in [0.5, 0.6) is 0 Å². The first-order valence-corrected chi connectivity index (χ1v) is 10.1. The number of hydrogen-bond acceptors (Lipinski definition) is 2. The second-order valence-electron chi connectivity index (χ2n) is 5.91. The lowest BCUT2D eigenvalue weighted by molar-refractivity contribution is -0.233. The Morgan fingerprint density at radius 3 is 2.13 bits per heavy atom. The highest BCUT2D eigenvalue weighted by molar-refractivity contribution is 9.12. The Hall–Kier alpha value is -0.0800. The van der Waals surface area contributed by atoms with Gasteiger partial charge in [0.1, 0.15) is 0 Å². The van der Waals surface area contributed by atoms with Gasteiger partial charge in [0.05, 0.1) is 13.2 Å². The normalized spacial score (nSPS) is 16.4. The Morgan fingerprint density at radius 1 is 0.913 bits per heavy atom. The molecule has 1 saturated heterocycles. The zero-order valence-corrected chi connectivity index (χ0v) is 17.1. The third kappa shape index (κ3) is 10.4. The maximum absolute atomic E-state index is 5.88. The second-order valence-corrected chi connectivity index (χ2v) is 8.15. The molecule has 1 aliphatic heterocycles. The van der Waals surface area contributed by atoms with Gasteiger partial charge in [0.2, 0.25) is 5.79 Å². The first-order chi connectivity index (χ1) is 11.0. The molecule has 0 N–H and O–H groups in total. The lowest BCUT2D eigenvalue weighted by Gasteiger charge is -2.32. The molecule has 0 aromatic carbocycles. The molecule has 1 aliphatic rings. The Balaban J connectivity index is 2.34. The summed E-state index contributed by atoms with van der Waals surface area (Å²) in [5.74, 6) is 5.87. The van der Waals surface area contributed by atoms with E-state index in [-0.39, 0.29) is 0 Å². The SMILES string of the molecule is C=C(Br)CCCCCC#CC1(CCCCC(=C)Br)OCCCO1. The molecule has 0 saturated carbocycles. The minimum absolute atomic E-state index is 0.671. The van der Waals surface area contributed by atoms with E-state index in [1.807, 2.05) is 0 Å². The van der Waals surface area contributed by atoms with Crippen molar-refractivity contribution in [2.45, 2.75) is 70.0 Å². The third-order valence-electron chi connectivity index (χ3n) is 3.69. The van der Waals surface area contributed by atoms with Crippen molar-refractivity contribution in [2.24, 2.45) is 0 Å². The molecule has 0 bridgehead atoms. The zero-order valence-electron chi connectivity index (χ0n) is 14.0. The van der Waals surface area contributed by atoms with Gasteiger partial charge in [-0.3, -0.25) is 0 Å². The van der Waals surface area contributed by atoms with Crippen LogP contribution in [0.25, 0.3) is 0 Å². The van der Waals surface area contributed by atoms with Gasteiger partial charge in [-0.25, -0.2) is 0 Å². The molecule has 2 nitrogen and oxygen atoms in total. The molecule has 0 aliphatic carbocycles. The van der Waals surface area contributed by atoms with Gasteiger partial charge in [0.25, 0.3) is 0 Å². The number of hydrogen-bond donors (Lipinski definition) is 0. The molecule has 1 rings (SSSR count). The van der Waals surface area contributed by atoms with Crippen molar-refractivity contribution in [2.75, 3.05) is 13.2 Å². The quantitative estimate of drug-likeness (QED) is 0.283. The minimum Gasteiger partial charge on any atom is -0.340 e. The van der Waals surface area contributed by atoms with Crippen LogP contribution < -0.4 is 0 Å².